The van der Waals surface area contributed by atoms with Gasteiger partial charge in [-0.15, -0.1) is 0 Å². The second-order valence-corrected chi connectivity index (χ2v) is 5.47. The number of hydrogen-bond donors (Lipinski definition) is 1. The van der Waals surface area contributed by atoms with Crippen molar-refractivity contribution in [2.24, 2.45) is 0 Å². The van der Waals surface area contributed by atoms with E-state index in [0.29, 0.717) is 12.1 Å². The molecule has 1 aliphatic heterocycles. The Labute approximate surface area is 129 Å². The zero-order valence-electron chi connectivity index (χ0n) is 12.5. The summed E-state index contributed by atoms with van der Waals surface area (Å²) in [6.07, 6.45) is 0.869. The van der Waals surface area contributed by atoms with Crippen molar-refractivity contribution in [2.45, 2.75) is 13.3 Å². The number of aryl methyl sites for hydroxylation is 1. The molecule has 3 rings (SSSR count). The molecule has 1 N–H and O–H groups in total. The number of amides is 2. The van der Waals surface area contributed by atoms with Crippen molar-refractivity contribution in [1.82, 2.24) is 5.32 Å². The molecule has 22 heavy (non-hydrogen) atoms. The third kappa shape index (κ3) is 2.86. The van der Waals surface area contributed by atoms with Gasteiger partial charge in [0.1, 0.15) is 0 Å². The quantitative estimate of drug-likeness (QED) is 0.944. The van der Waals surface area contributed by atoms with Crippen molar-refractivity contribution >= 4 is 17.5 Å². The second kappa shape index (κ2) is 6.02. The molecule has 0 unspecified atom stereocenters. The molecule has 1 aliphatic rings. The maximum absolute atomic E-state index is 12.3. The molecule has 0 saturated heterocycles. The van der Waals surface area contributed by atoms with Gasteiger partial charge in [-0.3, -0.25) is 9.59 Å². The molecule has 0 atom stereocenters. The summed E-state index contributed by atoms with van der Waals surface area (Å²) >= 11 is 0. The highest BCUT2D eigenvalue weighted by molar-refractivity contribution is 6.01. The number of fused-ring (bicyclic) bond motifs is 1. The summed E-state index contributed by atoms with van der Waals surface area (Å²) in [6, 6.07) is 15.2. The zero-order chi connectivity index (χ0) is 15.5. The van der Waals surface area contributed by atoms with Crippen LogP contribution in [0, 0.1) is 6.92 Å². The van der Waals surface area contributed by atoms with Crippen LogP contribution in [0.1, 0.15) is 21.5 Å². The van der Waals surface area contributed by atoms with Gasteiger partial charge >= 0.3 is 0 Å². The van der Waals surface area contributed by atoms with Gasteiger partial charge in [-0.2, -0.15) is 0 Å². The minimum absolute atomic E-state index is 0.0149. The number of hydrogen-bond acceptors (Lipinski definition) is 2. The van der Waals surface area contributed by atoms with E-state index in [1.165, 1.54) is 5.56 Å². The van der Waals surface area contributed by atoms with Gasteiger partial charge in [0.2, 0.25) is 5.91 Å². The highest BCUT2D eigenvalue weighted by atomic mass is 16.2. The van der Waals surface area contributed by atoms with Gasteiger partial charge in [0.05, 0.1) is 6.54 Å². The van der Waals surface area contributed by atoms with Crippen LogP contribution in [0.3, 0.4) is 0 Å². The summed E-state index contributed by atoms with van der Waals surface area (Å²) in [5.74, 6) is -0.300. The fourth-order valence-electron chi connectivity index (χ4n) is 2.66. The first-order valence-electron chi connectivity index (χ1n) is 7.38. The summed E-state index contributed by atoms with van der Waals surface area (Å²) in [7, 11) is 0. The molecule has 2 aromatic carbocycles. The maximum atomic E-state index is 12.3. The molecule has 0 radical (unpaired) electrons. The van der Waals surface area contributed by atoms with Crippen molar-refractivity contribution in [1.29, 1.82) is 0 Å². The van der Waals surface area contributed by atoms with Gasteiger partial charge in [0.15, 0.2) is 0 Å². The topological polar surface area (TPSA) is 49.4 Å². The van der Waals surface area contributed by atoms with E-state index >= 15 is 0 Å². The molecule has 0 aliphatic carbocycles. The molecule has 0 fully saturated rings. The number of nitrogens with zero attached hydrogens (tertiary/aromatic N) is 1. The summed E-state index contributed by atoms with van der Waals surface area (Å²) < 4.78 is 0. The average Bonchev–Trinajstić information content (AvgIpc) is 2.97. The Balaban J connectivity index is 1.61. The van der Waals surface area contributed by atoms with Crippen LogP contribution in [0.2, 0.25) is 0 Å². The Morgan fingerprint density at radius 1 is 1.09 bits per heavy atom. The molecule has 112 valence electrons. The number of carbonyl (C=O) groups is 2. The van der Waals surface area contributed by atoms with Gasteiger partial charge in [0.25, 0.3) is 5.91 Å². The Hall–Kier alpha value is -2.62. The van der Waals surface area contributed by atoms with E-state index in [2.05, 4.69) is 5.32 Å². The third-order valence-corrected chi connectivity index (χ3v) is 3.90. The first kappa shape index (κ1) is 14.3. The van der Waals surface area contributed by atoms with Crippen LogP contribution < -0.4 is 10.2 Å². The average molecular weight is 294 g/mol. The first-order valence-corrected chi connectivity index (χ1v) is 7.38. The lowest BCUT2D eigenvalue weighted by Gasteiger charge is -2.17. The Bertz CT molecular complexity index is 707. The fraction of sp³-hybridized carbons (Fsp3) is 0.222. The SMILES string of the molecule is Cc1ccc(C(=O)NCC(=O)N2CCc3ccccc32)cc1. The molecule has 0 saturated carbocycles. The number of carbonyl (C=O) groups excluding carboxylic acids is 2. The standard InChI is InChI=1S/C18H18N2O2/c1-13-6-8-15(9-7-13)18(22)19-12-17(21)20-11-10-14-4-2-3-5-16(14)20/h2-9H,10-12H2,1H3,(H,19,22). The van der Waals surface area contributed by atoms with Crippen molar-refractivity contribution in [3.05, 3.63) is 65.2 Å². The third-order valence-electron chi connectivity index (χ3n) is 3.90. The highest BCUT2D eigenvalue weighted by Gasteiger charge is 2.24. The van der Waals surface area contributed by atoms with Crippen molar-refractivity contribution in [3.8, 4) is 0 Å². The predicted octanol–water partition coefficient (Wildman–Crippen LogP) is 2.31. The molecule has 0 bridgehead atoms. The molecule has 4 heteroatoms. The van der Waals surface area contributed by atoms with Crippen molar-refractivity contribution < 1.29 is 9.59 Å². The summed E-state index contributed by atoms with van der Waals surface area (Å²) in [5.41, 5.74) is 3.80. The van der Waals surface area contributed by atoms with Crippen LogP contribution >= 0.6 is 0 Å². The monoisotopic (exact) mass is 294 g/mol. The Kier molecular flexibility index (Phi) is 3.92. The summed E-state index contributed by atoms with van der Waals surface area (Å²) in [5, 5.41) is 2.70. The molecular weight excluding hydrogens is 276 g/mol. The lowest BCUT2D eigenvalue weighted by molar-refractivity contribution is -0.117. The van der Waals surface area contributed by atoms with Gasteiger partial charge in [-0.1, -0.05) is 35.9 Å². The van der Waals surface area contributed by atoms with E-state index in [4.69, 9.17) is 0 Å². The van der Waals surface area contributed by atoms with Crippen molar-refractivity contribution in [3.63, 3.8) is 0 Å². The molecule has 2 aromatic rings. The van der Waals surface area contributed by atoms with E-state index in [0.717, 1.165) is 17.7 Å². The number of benzene rings is 2. The number of rotatable bonds is 3. The molecule has 1 heterocycles. The molecular formula is C18H18N2O2. The lowest BCUT2D eigenvalue weighted by atomic mass is 10.1. The molecule has 4 nitrogen and oxygen atoms in total. The zero-order valence-corrected chi connectivity index (χ0v) is 12.5. The minimum atomic E-state index is -0.221. The van der Waals surface area contributed by atoms with E-state index in [-0.39, 0.29) is 18.4 Å². The summed E-state index contributed by atoms with van der Waals surface area (Å²) in [6.45, 7) is 2.66. The first-order chi connectivity index (χ1) is 10.6. The maximum Gasteiger partial charge on any atom is 0.251 e. The van der Waals surface area contributed by atoms with Gasteiger partial charge in [-0.25, -0.2) is 0 Å². The largest absolute Gasteiger partial charge is 0.343 e. The van der Waals surface area contributed by atoms with Gasteiger partial charge in [-0.05, 0) is 37.1 Å². The smallest absolute Gasteiger partial charge is 0.251 e. The molecule has 0 spiro atoms. The fourth-order valence-corrected chi connectivity index (χ4v) is 2.66. The van der Waals surface area contributed by atoms with E-state index in [1.807, 2.05) is 43.3 Å². The lowest BCUT2D eigenvalue weighted by Crippen LogP contribution is -2.39. The van der Waals surface area contributed by atoms with Crippen molar-refractivity contribution in [2.75, 3.05) is 18.0 Å². The van der Waals surface area contributed by atoms with Crippen LogP contribution in [0.25, 0.3) is 0 Å². The number of anilines is 1. The molecule has 0 aromatic heterocycles. The van der Waals surface area contributed by atoms with E-state index < -0.39 is 0 Å². The summed E-state index contributed by atoms with van der Waals surface area (Å²) in [4.78, 5) is 26.1. The number of para-hydroxylation sites is 1. The van der Waals surface area contributed by atoms with Crippen LogP contribution in [0.4, 0.5) is 5.69 Å². The minimum Gasteiger partial charge on any atom is -0.343 e. The predicted molar refractivity (Wildman–Crippen MR) is 86.0 cm³/mol. The van der Waals surface area contributed by atoms with E-state index in [1.54, 1.807) is 17.0 Å². The van der Waals surface area contributed by atoms with Gasteiger partial charge < -0.3 is 10.2 Å². The second-order valence-electron chi connectivity index (χ2n) is 5.47. The van der Waals surface area contributed by atoms with E-state index in [9.17, 15) is 9.59 Å². The van der Waals surface area contributed by atoms with Crippen LogP contribution in [0.15, 0.2) is 48.5 Å². The number of nitrogens with one attached hydrogen (secondary N) is 1. The Morgan fingerprint density at radius 2 is 1.82 bits per heavy atom. The van der Waals surface area contributed by atoms with Gasteiger partial charge in [0, 0.05) is 17.8 Å². The van der Waals surface area contributed by atoms with Crippen LogP contribution in [-0.2, 0) is 11.2 Å². The van der Waals surface area contributed by atoms with Crippen LogP contribution in [-0.4, -0.2) is 24.9 Å². The normalized spacial score (nSPS) is 12.9. The highest BCUT2D eigenvalue weighted by Crippen LogP contribution is 2.27. The molecule has 2 amide bonds. The van der Waals surface area contributed by atoms with Crippen LogP contribution in [0.5, 0.6) is 0 Å². The Morgan fingerprint density at radius 3 is 2.59 bits per heavy atom.